The quantitative estimate of drug-likeness (QED) is 0.218. The fraction of sp³-hybridized carbons (Fsp3) is 0.385. The number of anilines is 2. The van der Waals surface area contributed by atoms with E-state index in [1.54, 1.807) is 19.1 Å². The SMILES string of the molecule is COc1ccc(CC2CCN(c3ccc(N(C)/C(C)=N\C(C)=C/C=O)cc3Cl)CC2)cc1F. The Hall–Kier alpha value is -2.86. The number of rotatable bonds is 7. The second-order valence-electron chi connectivity index (χ2n) is 8.40. The van der Waals surface area contributed by atoms with Crippen LogP contribution >= 0.6 is 11.6 Å². The maximum atomic E-state index is 14.0. The Morgan fingerprint density at radius 3 is 2.58 bits per heavy atom. The van der Waals surface area contributed by atoms with E-state index in [2.05, 4.69) is 16.0 Å². The third kappa shape index (κ3) is 6.35. The van der Waals surface area contributed by atoms with E-state index in [9.17, 15) is 9.18 Å². The van der Waals surface area contributed by atoms with Crippen LogP contribution in [-0.2, 0) is 11.2 Å². The van der Waals surface area contributed by atoms with Crippen molar-refractivity contribution in [2.24, 2.45) is 10.9 Å². The molecule has 5 nitrogen and oxygen atoms in total. The van der Waals surface area contributed by atoms with Gasteiger partial charge in [-0.25, -0.2) is 9.38 Å². The van der Waals surface area contributed by atoms with Crippen LogP contribution in [0.25, 0.3) is 0 Å². The fourth-order valence-corrected chi connectivity index (χ4v) is 4.46. The Balaban J connectivity index is 1.62. The molecule has 1 saturated heterocycles. The first kappa shape index (κ1) is 24.8. The zero-order chi connectivity index (χ0) is 24.0. The lowest BCUT2D eigenvalue weighted by Crippen LogP contribution is -2.34. The molecule has 1 aliphatic rings. The van der Waals surface area contributed by atoms with Crippen LogP contribution in [0.4, 0.5) is 15.8 Å². The Morgan fingerprint density at radius 1 is 1.24 bits per heavy atom. The Labute approximate surface area is 200 Å². The molecule has 176 valence electrons. The Bertz CT molecular complexity index is 1050. The Morgan fingerprint density at radius 2 is 1.97 bits per heavy atom. The fourth-order valence-electron chi connectivity index (χ4n) is 4.16. The van der Waals surface area contributed by atoms with Crippen molar-refractivity contribution in [1.29, 1.82) is 0 Å². The molecule has 3 rings (SSSR count). The van der Waals surface area contributed by atoms with Gasteiger partial charge in [-0.15, -0.1) is 0 Å². The van der Waals surface area contributed by atoms with Gasteiger partial charge in [0, 0.05) is 31.5 Å². The van der Waals surface area contributed by atoms with Gasteiger partial charge < -0.3 is 14.5 Å². The monoisotopic (exact) mass is 471 g/mol. The van der Waals surface area contributed by atoms with Crippen molar-refractivity contribution in [2.75, 3.05) is 37.0 Å². The van der Waals surface area contributed by atoms with E-state index < -0.39 is 0 Å². The third-order valence-corrected chi connectivity index (χ3v) is 6.45. The summed E-state index contributed by atoms with van der Waals surface area (Å²) >= 11 is 6.66. The van der Waals surface area contributed by atoms with E-state index in [-0.39, 0.29) is 11.6 Å². The van der Waals surface area contributed by atoms with Gasteiger partial charge in [-0.1, -0.05) is 17.7 Å². The lowest BCUT2D eigenvalue weighted by Gasteiger charge is -2.34. The second kappa shape index (κ2) is 11.3. The molecule has 0 spiro atoms. The van der Waals surface area contributed by atoms with Crippen LogP contribution in [0, 0.1) is 11.7 Å². The van der Waals surface area contributed by atoms with Crippen LogP contribution < -0.4 is 14.5 Å². The van der Waals surface area contributed by atoms with Crippen LogP contribution in [0.2, 0.25) is 5.02 Å². The summed E-state index contributed by atoms with van der Waals surface area (Å²) in [6.45, 7) is 5.50. The number of carbonyl (C=O) groups is 1. The molecule has 1 fully saturated rings. The number of halogens is 2. The summed E-state index contributed by atoms with van der Waals surface area (Å²) in [5.41, 5.74) is 3.61. The highest BCUT2D eigenvalue weighted by Gasteiger charge is 2.22. The van der Waals surface area contributed by atoms with E-state index in [4.69, 9.17) is 16.3 Å². The van der Waals surface area contributed by atoms with Crippen molar-refractivity contribution in [2.45, 2.75) is 33.1 Å². The summed E-state index contributed by atoms with van der Waals surface area (Å²) in [6.07, 6.45) is 5.08. The molecule has 0 amide bonds. The number of hydrogen-bond acceptors (Lipinski definition) is 4. The summed E-state index contributed by atoms with van der Waals surface area (Å²) in [5.74, 6) is 1.26. The first-order valence-electron chi connectivity index (χ1n) is 11.1. The standard InChI is InChI=1S/C26H31ClFN3O2/c1-18(11-14-32)29-19(2)30(3)22-6-7-25(23(27)17-22)31-12-9-20(10-13-31)15-21-5-8-26(33-4)24(28)16-21/h5-8,11,14,16-17,20H,9-10,12-13,15H2,1-4H3/b18-11-,29-19-. The van der Waals surface area contributed by atoms with Gasteiger partial charge in [-0.2, -0.15) is 0 Å². The van der Waals surface area contributed by atoms with Crippen LogP contribution in [0.5, 0.6) is 5.75 Å². The van der Waals surface area contributed by atoms with E-state index in [1.165, 1.54) is 13.2 Å². The average Bonchev–Trinajstić information content (AvgIpc) is 2.79. The second-order valence-corrected chi connectivity index (χ2v) is 8.81. The number of aliphatic imine (C=N–C) groups is 1. The number of methoxy groups -OCH3 is 1. The minimum absolute atomic E-state index is 0.284. The molecule has 33 heavy (non-hydrogen) atoms. The molecule has 0 radical (unpaired) electrons. The molecular formula is C26H31ClFN3O2. The first-order valence-corrected chi connectivity index (χ1v) is 11.5. The predicted octanol–water partition coefficient (Wildman–Crippen LogP) is 5.90. The van der Waals surface area contributed by atoms with Gasteiger partial charge in [0.1, 0.15) is 12.1 Å². The number of ether oxygens (including phenoxy) is 1. The van der Waals surface area contributed by atoms with Crippen LogP contribution in [0.3, 0.4) is 0 Å². The average molecular weight is 472 g/mol. The van der Waals surface area contributed by atoms with Crippen LogP contribution in [0.15, 0.2) is 53.2 Å². The smallest absolute Gasteiger partial charge is 0.165 e. The van der Waals surface area contributed by atoms with E-state index in [1.807, 2.05) is 37.1 Å². The molecular weight excluding hydrogens is 441 g/mol. The number of amidine groups is 1. The number of allylic oxidation sites excluding steroid dienone is 2. The largest absolute Gasteiger partial charge is 0.494 e. The summed E-state index contributed by atoms with van der Waals surface area (Å²) in [5, 5.41) is 0.697. The zero-order valence-electron chi connectivity index (χ0n) is 19.6. The lowest BCUT2D eigenvalue weighted by molar-refractivity contribution is -0.104. The van der Waals surface area contributed by atoms with Crippen molar-refractivity contribution in [3.8, 4) is 5.75 Å². The van der Waals surface area contributed by atoms with Crippen molar-refractivity contribution in [3.05, 3.63) is 64.6 Å². The maximum Gasteiger partial charge on any atom is 0.165 e. The number of nitrogens with zero attached hydrogens (tertiary/aromatic N) is 3. The molecule has 0 N–H and O–H groups in total. The van der Waals surface area contributed by atoms with E-state index in [0.717, 1.165) is 61.4 Å². The van der Waals surface area contributed by atoms with Crippen molar-refractivity contribution < 1.29 is 13.9 Å². The number of piperidine rings is 1. The molecule has 0 saturated carbocycles. The van der Waals surface area contributed by atoms with Gasteiger partial charge in [0.2, 0.25) is 0 Å². The number of carbonyl (C=O) groups excluding carboxylic acids is 1. The highest BCUT2D eigenvalue weighted by atomic mass is 35.5. The van der Waals surface area contributed by atoms with E-state index >= 15 is 0 Å². The lowest BCUT2D eigenvalue weighted by atomic mass is 9.90. The van der Waals surface area contributed by atoms with E-state index in [0.29, 0.717) is 16.6 Å². The molecule has 2 aromatic rings. The van der Waals surface area contributed by atoms with Crippen LogP contribution in [-0.4, -0.2) is 39.4 Å². The molecule has 0 aliphatic carbocycles. The molecule has 1 aliphatic heterocycles. The highest BCUT2D eigenvalue weighted by Crippen LogP contribution is 2.34. The molecule has 1 heterocycles. The van der Waals surface area contributed by atoms with Gasteiger partial charge in [0.05, 0.1) is 17.8 Å². The zero-order valence-corrected chi connectivity index (χ0v) is 20.4. The van der Waals surface area contributed by atoms with Gasteiger partial charge in [-0.3, -0.25) is 4.79 Å². The summed E-state index contributed by atoms with van der Waals surface area (Å²) < 4.78 is 19.0. The predicted molar refractivity (Wildman–Crippen MR) is 134 cm³/mol. The normalized spacial score (nSPS) is 15.5. The Kier molecular flexibility index (Phi) is 8.50. The minimum Gasteiger partial charge on any atom is -0.494 e. The van der Waals surface area contributed by atoms with Gasteiger partial charge in [0.25, 0.3) is 0 Å². The third-order valence-electron chi connectivity index (χ3n) is 6.15. The van der Waals surface area contributed by atoms with Gasteiger partial charge in [0.15, 0.2) is 11.6 Å². The van der Waals surface area contributed by atoms with Crippen LogP contribution in [0.1, 0.15) is 32.3 Å². The minimum atomic E-state index is -0.306. The van der Waals surface area contributed by atoms with Crippen molar-refractivity contribution in [1.82, 2.24) is 0 Å². The topological polar surface area (TPSA) is 45.1 Å². The molecule has 0 aromatic heterocycles. The van der Waals surface area contributed by atoms with Crippen molar-refractivity contribution in [3.63, 3.8) is 0 Å². The maximum absolute atomic E-state index is 14.0. The number of hydrogen-bond donors (Lipinski definition) is 0. The molecule has 0 bridgehead atoms. The summed E-state index contributed by atoms with van der Waals surface area (Å²) in [7, 11) is 3.40. The van der Waals surface area contributed by atoms with Gasteiger partial charge in [-0.05, 0) is 81.0 Å². The molecule has 0 atom stereocenters. The highest BCUT2D eigenvalue weighted by molar-refractivity contribution is 6.33. The molecule has 0 unspecified atom stereocenters. The summed E-state index contributed by atoms with van der Waals surface area (Å²) in [6, 6.07) is 11.3. The van der Waals surface area contributed by atoms with Crippen molar-refractivity contribution >= 4 is 35.1 Å². The number of benzene rings is 2. The number of aldehydes is 1. The molecule has 2 aromatic carbocycles. The summed E-state index contributed by atoms with van der Waals surface area (Å²) in [4.78, 5) is 19.3. The first-order chi connectivity index (χ1) is 15.8. The molecule has 7 heteroatoms. The van der Waals surface area contributed by atoms with Gasteiger partial charge >= 0.3 is 0 Å².